The Labute approximate surface area is 112 Å². The maximum absolute atomic E-state index is 11.4. The van der Waals surface area contributed by atoms with E-state index in [1.54, 1.807) is 0 Å². The molecule has 0 aliphatic rings. The molecule has 0 saturated heterocycles. The summed E-state index contributed by atoms with van der Waals surface area (Å²) >= 11 is 0. The van der Waals surface area contributed by atoms with E-state index in [0.29, 0.717) is 6.04 Å². The van der Waals surface area contributed by atoms with Gasteiger partial charge in [0.05, 0.1) is 5.60 Å². The third kappa shape index (κ3) is 10.5. The number of nitrogens with one attached hydrogen (secondary N) is 1. The molecular formula is C14H30N2O2. The van der Waals surface area contributed by atoms with Gasteiger partial charge in [-0.3, -0.25) is 4.79 Å². The molecule has 108 valence electrons. The number of nitrogens with zero attached hydrogens (tertiary/aromatic N) is 1. The fourth-order valence-electron chi connectivity index (χ4n) is 1.31. The second-order valence-corrected chi connectivity index (χ2v) is 6.03. The molecule has 0 bridgehead atoms. The first-order valence-electron chi connectivity index (χ1n) is 6.83. The molecule has 0 aliphatic carbocycles. The summed E-state index contributed by atoms with van der Waals surface area (Å²) in [5.41, 5.74) is -0.253. The van der Waals surface area contributed by atoms with E-state index in [4.69, 9.17) is 4.74 Å². The molecule has 0 aromatic rings. The number of rotatable bonds is 8. The highest BCUT2D eigenvalue weighted by atomic mass is 16.5. The Hall–Kier alpha value is -0.610. The Morgan fingerprint density at radius 3 is 2.39 bits per heavy atom. The summed E-state index contributed by atoms with van der Waals surface area (Å²) in [4.78, 5) is 13.8. The van der Waals surface area contributed by atoms with Gasteiger partial charge >= 0.3 is 0 Å². The normalized spacial score (nSPS) is 12.2. The van der Waals surface area contributed by atoms with Gasteiger partial charge < -0.3 is 15.0 Å². The van der Waals surface area contributed by atoms with Crippen molar-refractivity contribution in [3.63, 3.8) is 0 Å². The second kappa shape index (κ2) is 8.48. The van der Waals surface area contributed by atoms with Crippen LogP contribution in [0.1, 0.15) is 47.5 Å². The lowest BCUT2D eigenvalue weighted by atomic mass is 10.2. The first-order valence-corrected chi connectivity index (χ1v) is 6.83. The number of hydrogen-bond donors (Lipinski definition) is 1. The van der Waals surface area contributed by atoms with Gasteiger partial charge in [-0.2, -0.15) is 0 Å². The molecule has 0 rings (SSSR count). The van der Waals surface area contributed by atoms with Gasteiger partial charge in [-0.15, -0.1) is 0 Å². The number of unbranched alkanes of at least 4 members (excludes halogenated alkanes) is 1. The predicted octanol–water partition coefficient (Wildman–Crippen LogP) is 2.04. The molecule has 1 amide bonds. The van der Waals surface area contributed by atoms with Crippen LogP contribution in [0.4, 0.5) is 0 Å². The largest absolute Gasteiger partial charge is 0.366 e. The topological polar surface area (TPSA) is 41.6 Å². The maximum atomic E-state index is 11.4. The Morgan fingerprint density at radius 2 is 1.89 bits per heavy atom. The molecule has 4 nitrogen and oxygen atoms in total. The molecule has 0 radical (unpaired) electrons. The van der Waals surface area contributed by atoms with Gasteiger partial charge in [0.25, 0.3) is 0 Å². The Balaban J connectivity index is 3.47. The molecule has 0 aromatic carbocycles. The minimum atomic E-state index is -0.253. The molecule has 0 unspecified atom stereocenters. The molecule has 0 saturated carbocycles. The standard InChI is InChI=1S/C14H30N2O2/c1-12(2)16(6)10-8-7-9-15-13(17)11-18-14(3,4)5/h12H,7-11H2,1-6H3,(H,15,17). The van der Waals surface area contributed by atoms with Gasteiger partial charge in [-0.25, -0.2) is 0 Å². The van der Waals surface area contributed by atoms with Crippen molar-refractivity contribution in [2.75, 3.05) is 26.7 Å². The van der Waals surface area contributed by atoms with E-state index in [1.165, 1.54) is 0 Å². The highest BCUT2D eigenvalue weighted by molar-refractivity contribution is 5.77. The van der Waals surface area contributed by atoms with E-state index in [-0.39, 0.29) is 18.1 Å². The molecule has 18 heavy (non-hydrogen) atoms. The minimum Gasteiger partial charge on any atom is -0.366 e. The van der Waals surface area contributed by atoms with Gasteiger partial charge in [-0.1, -0.05) is 0 Å². The SMILES string of the molecule is CC(C)N(C)CCCCNC(=O)COC(C)(C)C. The van der Waals surface area contributed by atoms with E-state index >= 15 is 0 Å². The summed E-state index contributed by atoms with van der Waals surface area (Å²) < 4.78 is 5.40. The van der Waals surface area contributed by atoms with Crippen molar-refractivity contribution in [3.8, 4) is 0 Å². The first kappa shape index (κ1) is 17.4. The summed E-state index contributed by atoms with van der Waals surface area (Å²) in [5.74, 6) is -0.0258. The average Bonchev–Trinajstić information content (AvgIpc) is 2.24. The third-order valence-electron chi connectivity index (χ3n) is 2.78. The number of hydrogen-bond acceptors (Lipinski definition) is 3. The predicted molar refractivity (Wildman–Crippen MR) is 75.7 cm³/mol. The van der Waals surface area contributed by atoms with E-state index in [2.05, 4.69) is 31.1 Å². The quantitative estimate of drug-likeness (QED) is 0.677. The smallest absolute Gasteiger partial charge is 0.246 e. The fourth-order valence-corrected chi connectivity index (χ4v) is 1.31. The second-order valence-electron chi connectivity index (χ2n) is 6.03. The van der Waals surface area contributed by atoms with Gasteiger partial charge in [0.15, 0.2) is 0 Å². The van der Waals surface area contributed by atoms with Crippen molar-refractivity contribution in [2.45, 2.75) is 59.1 Å². The van der Waals surface area contributed by atoms with E-state index in [9.17, 15) is 4.79 Å². The monoisotopic (exact) mass is 258 g/mol. The van der Waals surface area contributed by atoms with Crippen molar-refractivity contribution in [1.82, 2.24) is 10.2 Å². The summed E-state index contributed by atoms with van der Waals surface area (Å²) in [5, 5.41) is 2.88. The fraction of sp³-hybridized carbons (Fsp3) is 0.929. The Morgan fingerprint density at radius 1 is 1.28 bits per heavy atom. The summed E-state index contributed by atoms with van der Waals surface area (Å²) in [7, 11) is 2.13. The third-order valence-corrected chi connectivity index (χ3v) is 2.78. The van der Waals surface area contributed by atoms with Crippen LogP contribution in [0.5, 0.6) is 0 Å². The zero-order valence-corrected chi connectivity index (χ0v) is 12.9. The van der Waals surface area contributed by atoms with Crippen LogP contribution in [0.2, 0.25) is 0 Å². The number of carbonyl (C=O) groups excluding carboxylic acids is 1. The van der Waals surface area contributed by atoms with Gasteiger partial charge in [0.2, 0.25) is 5.91 Å². The lowest BCUT2D eigenvalue weighted by molar-refractivity contribution is -0.130. The molecule has 4 heteroatoms. The van der Waals surface area contributed by atoms with E-state index in [0.717, 1.165) is 25.9 Å². The van der Waals surface area contributed by atoms with Crippen LogP contribution in [0, 0.1) is 0 Å². The molecule has 0 fully saturated rings. The Bertz CT molecular complexity index is 234. The van der Waals surface area contributed by atoms with Crippen LogP contribution >= 0.6 is 0 Å². The zero-order chi connectivity index (χ0) is 14.2. The highest BCUT2D eigenvalue weighted by Gasteiger charge is 2.12. The van der Waals surface area contributed by atoms with E-state index in [1.807, 2.05) is 20.8 Å². The maximum Gasteiger partial charge on any atom is 0.246 e. The van der Waals surface area contributed by atoms with Crippen molar-refractivity contribution >= 4 is 5.91 Å². The van der Waals surface area contributed by atoms with Gasteiger partial charge in [-0.05, 0) is 61.1 Å². The molecular weight excluding hydrogens is 228 g/mol. The lowest BCUT2D eigenvalue weighted by Gasteiger charge is -2.21. The van der Waals surface area contributed by atoms with Crippen molar-refractivity contribution in [3.05, 3.63) is 0 Å². The molecule has 0 heterocycles. The molecule has 0 atom stereocenters. The number of amides is 1. The van der Waals surface area contributed by atoms with Crippen LogP contribution in [0.25, 0.3) is 0 Å². The van der Waals surface area contributed by atoms with Crippen LogP contribution in [0.3, 0.4) is 0 Å². The van der Waals surface area contributed by atoms with Crippen LogP contribution in [-0.4, -0.2) is 49.2 Å². The molecule has 0 aliphatic heterocycles. The number of carbonyl (C=O) groups is 1. The van der Waals surface area contributed by atoms with Crippen LogP contribution in [-0.2, 0) is 9.53 Å². The first-order chi connectivity index (χ1) is 8.22. The van der Waals surface area contributed by atoms with Crippen LogP contribution < -0.4 is 5.32 Å². The van der Waals surface area contributed by atoms with E-state index < -0.39 is 0 Å². The van der Waals surface area contributed by atoms with Crippen molar-refractivity contribution in [1.29, 1.82) is 0 Å². The number of ether oxygens (including phenoxy) is 1. The van der Waals surface area contributed by atoms with Crippen molar-refractivity contribution in [2.24, 2.45) is 0 Å². The van der Waals surface area contributed by atoms with Gasteiger partial charge in [0, 0.05) is 12.6 Å². The van der Waals surface area contributed by atoms with Gasteiger partial charge in [0.1, 0.15) is 6.61 Å². The highest BCUT2D eigenvalue weighted by Crippen LogP contribution is 2.05. The molecule has 0 aromatic heterocycles. The molecule has 0 spiro atoms. The minimum absolute atomic E-state index is 0.0258. The van der Waals surface area contributed by atoms with Crippen LogP contribution in [0.15, 0.2) is 0 Å². The van der Waals surface area contributed by atoms with Crippen molar-refractivity contribution < 1.29 is 9.53 Å². The zero-order valence-electron chi connectivity index (χ0n) is 12.9. The summed E-state index contributed by atoms with van der Waals surface area (Å²) in [6.07, 6.45) is 2.12. The Kier molecular flexibility index (Phi) is 8.20. The molecule has 1 N–H and O–H groups in total. The average molecular weight is 258 g/mol. The summed E-state index contributed by atoms with van der Waals surface area (Å²) in [6, 6.07) is 0.583. The lowest BCUT2D eigenvalue weighted by Crippen LogP contribution is -2.33. The summed E-state index contributed by atoms with van der Waals surface area (Å²) in [6.45, 7) is 12.2.